The SMILES string of the molecule is Cc1nc(NCc2ccc(S(N)(=O)=O)cc2C)c2c(C)csc2n1. The van der Waals surface area contributed by atoms with E-state index < -0.39 is 10.0 Å². The molecule has 3 N–H and O–H groups in total. The predicted octanol–water partition coefficient (Wildman–Crippen LogP) is 2.88. The second-order valence-electron chi connectivity index (χ2n) is 5.71. The molecule has 0 atom stereocenters. The molecule has 0 aliphatic heterocycles. The molecule has 0 saturated heterocycles. The van der Waals surface area contributed by atoms with Crippen molar-refractivity contribution in [1.29, 1.82) is 0 Å². The molecule has 1 aromatic carbocycles. The molecule has 6 nitrogen and oxygen atoms in total. The minimum atomic E-state index is -3.68. The Morgan fingerprint density at radius 2 is 1.92 bits per heavy atom. The zero-order valence-corrected chi connectivity index (χ0v) is 15.3. The maximum absolute atomic E-state index is 11.4. The van der Waals surface area contributed by atoms with E-state index in [2.05, 4.69) is 20.7 Å². The summed E-state index contributed by atoms with van der Waals surface area (Å²) in [6, 6.07) is 4.88. The number of anilines is 1. The lowest BCUT2D eigenvalue weighted by molar-refractivity contribution is 0.597. The van der Waals surface area contributed by atoms with Gasteiger partial charge in [0.15, 0.2) is 0 Å². The third kappa shape index (κ3) is 3.26. The molecule has 0 fully saturated rings. The molecule has 0 aliphatic rings. The Kier molecular flexibility index (Phi) is 4.29. The van der Waals surface area contributed by atoms with Gasteiger partial charge in [-0.3, -0.25) is 0 Å². The van der Waals surface area contributed by atoms with Gasteiger partial charge in [0.05, 0.1) is 10.3 Å². The Bertz CT molecular complexity index is 1030. The normalized spacial score (nSPS) is 11.8. The summed E-state index contributed by atoms with van der Waals surface area (Å²) in [5.74, 6) is 1.51. The number of benzene rings is 1. The lowest BCUT2D eigenvalue weighted by Crippen LogP contribution is -2.13. The summed E-state index contributed by atoms with van der Waals surface area (Å²) in [6.07, 6.45) is 0. The van der Waals surface area contributed by atoms with Gasteiger partial charge in [-0.15, -0.1) is 11.3 Å². The largest absolute Gasteiger partial charge is 0.365 e. The highest BCUT2D eigenvalue weighted by Gasteiger charge is 2.12. The van der Waals surface area contributed by atoms with Crippen LogP contribution in [0.1, 0.15) is 22.5 Å². The van der Waals surface area contributed by atoms with Gasteiger partial charge in [-0.25, -0.2) is 23.5 Å². The van der Waals surface area contributed by atoms with Gasteiger partial charge in [-0.2, -0.15) is 0 Å². The third-order valence-electron chi connectivity index (χ3n) is 3.82. The van der Waals surface area contributed by atoms with Crippen LogP contribution in [0, 0.1) is 20.8 Å². The van der Waals surface area contributed by atoms with Gasteiger partial charge in [-0.05, 0) is 55.0 Å². The summed E-state index contributed by atoms with van der Waals surface area (Å²) >= 11 is 1.60. The van der Waals surface area contributed by atoms with E-state index in [1.807, 2.05) is 20.8 Å². The molecule has 24 heavy (non-hydrogen) atoms. The van der Waals surface area contributed by atoms with Crippen molar-refractivity contribution in [2.75, 3.05) is 5.32 Å². The molecule has 8 heteroatoms. The Morgan fingerprint density at radius 1 is 1.17 bits per heavy atom. The minimum absolute atomic E-state index is 0.123. The van der Waals surface area contributed by atoms with Gasteiger partial charge in [0.2, 0.25) is 10.0 Å². The van der Waals surface area contributed by atoms with Crippen LogP contribution in [-0.4, -0.2) is 18.4 Å². The summed E-state index contributed by atoms with van der Waals surface area (Å²) in [6.45, 7) is 6.31. The average Bonchev–Trinajstić information content (AvgIpc) is 2.86. The quantitative estimate of drug-likeness (QED) is 0.744. The number of nitrogens with one attached hydrogen (secondary N) is 1. The van der Waals surface area contributed by atoms with E-state index in [1.54, 1.807) is 23.5 Å². The fourth-order valence-electron chi connectivity index (χ4n) is 2.54. The van der Waals surface area contributed by atoms with Crippen LogP contribution in [0.5, 0.6) is 0 Å². The van der Waals surface area contributed by atoms with Crippen LogP contribution in [0.15, 0.2) is 28.5 Å². The number of aromatic nitrogens is 2. The van der Waals surface area contributed by atoms with Gasteiger partial charge in [0.1, 0.15) is 16.5 Å². The first kappa shape index (κ1) is 16.8. The lowest BCUT2D eigenvalue weighted by Gasteiger charge is -2.11. The zero-order chi connectivity index (χ0) is 17.5. The number of nitrogens with zero attached hydrogens (tertiary/aromatic N) is 2. The number of nitrogens with two attached hydrogens (primary N) is 1. The molecule has 0 aliphatic carbocycles. The number of sulfonamides is 1. The molecular formula is C16H18N4O2S2. The topological polar surface area (TPSA) is 98.0 Å². The second-order valence-corrected chi connectivity index (χ2v) is 8.12. The molecule has 2 aromatic heterocycles. The standard InChI is InChI=1S/C16H18N4O2S2/c1-9-6-13(24(17,21)22)5-4-12(9)7-18-15-14-10(2)8-23-16(14)20-11(3)19-15/h4-6,8H,7H2,1-3H3,(H2,17,21,22)(H,18,19,20). The van der Waals surface area contributed by atoms with Crippen molar-refractivity contribution >= 4 is 37.4 Å². The Hall–Kier alpha value is -2.03. The van der Waals surface area contributed by atoms with Gasteiger partial charge in [-0.1, -0.05) is 6.07 Å². The molecule has 126 valence electrons. The summed E-state index contributed by atoms with van der Waals surface area (Å²) < 4.78 is 22.8. The number of aryl methyl sites for hydroxylation is 3. The van der Waals surface area contributed by atoms with E-state index in [9.17, 15) is 8.42 Å². The molecule has 0 unspecified atom stereocenters. The van der Waals surface area contributed by atoms with E-state index in [4.69, 9.17) is 5.14 Å². The lowest BCUT2D eigenvalue weighted by atomic mass is 10.1. The van der Waals surface area contributed by atoms with Crippen LogP contribution in [0.3, 0.4) is 0 Å². The molecule has 0 saturated carbocycles. The van der Waals surface area contributed by atoms with Crippen molar-refractivity contribution in [3.8, 4) is 0 Å². The van der Waals surface area contributed by atoms with Gasteiger partial charge < -0.3 is 5.32 Å². The Balaban J connectivity index is 1.90. The van der Waals surface area contributed by atoms with E-state index in [1.165, 1.54) is 6.07 Å². The number of thiophene rings is 1. The number of hydrogen-bond donors (Lipinski definition) is 2. The van der Waals surface area contributed by atoms with Crippen molar-refractivity contribution in [2.24, 2.45) is 5.14 Å². The van der Waals surface area contributed by atoms with E-state index in [0.29, 0.717) is 12.4 Å². The first-order chi connectivity index (χ1) is 11.3. The summed E-state index contributed by atoms with van der Waals surface area (Å²) in [5, 5.41) is 11.6. The highest BCUT2D eigenvalue weighted by molar-refractivity contribution is 7.89. The number of primary sulfonamides is 1. The van der Waals surface area contributed by atoms with Crippen LogP contribution in [0.4, 0.5) is 5.82 Å². The zero-order valence-electron chi connectivity index (χ0n) is 13.6. The fraction of sp³-hybridized carbons (Fsp3) is 0.250. The van der Waals surface area contributed by atoms with Crippen LogP contribution in [0.2, 0.25) is 0 Å². The Labute approximate surface area is 144 Å². The van der Waals surface area contributed by atoms with Crippen molar-refractivity contribution in [2.45, 2.75) is 32.2 Å². The molecule has 0 amide bonds. The maximum Gasteiger partial charge on any atom is 0.238 e. The number of fused-ring (bicyclic) bond motifs is 1. The Morgan fingerprint density at radius 3 is 2.58 bits per heavy atom. The third-order valence-corrected chi connectivity index (χ3v) is 5.72. The molecule has 0 spiro atoms. The predicted molar refractivity (Wildman–Crippen MR) is 96.8 cm³/mol. The molecular weight excluding hydrogens is 344 g/mol. The first-order valence-corrected chi connectivity index (χ1v) is 9.77. The summed E-state index contributed by atoms with van der Waals surface area (Å²) in [5.41, 5.74) is 2.98. The first-order valence-electron chi connectivity index (χ1n) is 7.34. The van der Waals surface area contributed by atoms with Crippen LogP contribution < -0.4 is 10.5 Å². The molecule has 0 radical (unpaired) electrons. The van der Waals surface area contributed by atoms with Gasteiger partial charge >= 0.3 is 0 Å². The highest BCUT2D eigenvalue weighted by atomic mass is 32.2. The monoisotopic (exact) mass is 362 g/mol. The van der Waals surface area contributed by atoms with E-state index >= 15 is 0 Å². The summed E-state index contributed by atoms with van der Waals surface area (Å²) in [4.78, 5) is 10.0. The molecule has 0 bridgehead atoms. The van der Waals surface area contributed by atoms with E-state index in [0.717, 1.165) is 32.7 Å². The van der Waals surface area contributed by atoms with Crippen molar-refractivity contribution in [3.63, 3.8) is 0 Å². The minimum Gasteiger partial charge on any atom is -0.365 e. The van der Waals surface area contributed by atoms with E-state index in [-0.39, 0.29) is 4.90 Å². The number of hydrogen-bond acceptors (Lipinski definition) is 6. The van der Waals surface area contributed by atoms with Crippen LogP contribution >= 0.6 is 11.3 Å². The van der Waals surface area contributed by atoms with Crippen LogP contribution in [-0.2, 0) is 16.6 Å². The van der Waals surface area contributed by atoms with Gasteiger partial charge in [0, 0.05) is 6.54 Å². The van der Waals surface area contributed by atoms with Crippen molar-refractivity contribution < 1.29 is 8.42 Å². The molecule has 3 rings (SSSR count). The fourth-order valence-corrected chi connectivity index (χ4v) is 4.11. The molecule has 3 aromatic rings. The molecule has 2 heterocycles. The van der Waals surface area contributed by atoms with Crippen molar-refractivity contribution in [3.05, 3.63) is 46.1 Å². The van der Waals surface area contributed by atoms with Gasteiger partial charge in [0.25, 0.3) is 0 Å². The maximum atomic E-state index is 11.4. The second kappa shape index (κ2) is 6.12. The average molecular weight is 362 g/mol. The summed E-state index contributed by atoms with van der Waals surface area (Å²) in [7, 11) is -3.68. The highest BCUT2D eigenvalue weighted by Crippen LogP contribution is 2.29. The van der Waals surface area contributed by atoms with Crippen LogP contribution in [0.25, 0.3) is 10.2 Å². The van der Waals surface area contributed by atoms with Crippen molar-refractivity contribution in [1.82, 2.24) is 9.97 Å². The smallest absolute Gasteiger partial charge is 0.238 e. The number of rotatable bonds is 4.